The van der Waals surface area contributed by atoms with Gasteiger partial charge < -0.3 is 18.9 Å². The highest BCUT2D eigenvalue weighted by atomic mass is 16.5. The molecule has 1 spiro atoms. The van der Waals surface area contributed by atoms with Gasteiger partial charge in [-0.25, -0.2) is 0 Å². The number of hydrogen-bond acceptors (Lipinski definition) is 4. The Morgan fingerprint density at radius 2 is 1.16 bits per heavy atom. The van der Waals surface area contributed by atoms with Crippen molar-refractivity contribution >= 4 is 66.3 Å². The fourth-order valence-electron chi connectivity index (χ4n) is 13.0. The number of benzene rings is 11. The van der Waals surface area contributed by atoms with Gasteiger partial charge in [-0.3, -0.25) is 0 Å². The summed E-state index contributed by atoms with van der Waals surface area (Å²) in [6, 6.07) is 86.1. The summed E-state index contributed by atoms with van der Waals surface area (Å²) in [6.45, 7) is 0.938. The van der Waals surface area contributed by atoms with Crippen molar-refractivity contribution in [1.82, 2.24) is 5.32 Å². The second-order valence-electron chi connectivity index (χ2n) is 20.2. The standard InChI is InChI=1S/C70H45NO3/c1-3-17-42(18-4-1)37-53(48-24-16-30-59-66(48)51-23-9-10-27-56(51)70(59)57-28-11-13-31-61(57)72-62-32-14-12-29-58(62)70)49-25-15-26-50-54-38-46(60-41-71-60)39-55(69(54)74-68(49)50)65(44-20-5-2-6-21-44)45-33-35-52-64(40-45)73-63-36-34-43-19-7-8-22-47(43)67(52)63/h1-40,60,65,71H,41H2/b53-37-. The molecule has 0 amide bonds. The SMILES string of the molecule is C(=C(\c1cccc2c1-c1ccccc1C21c2ccccc2Oc2ccccc21)c1cccc2c1oc1c(C(c3ccccc3)c3ccc4c(c3)oc3ccc5ccccc5c34)cc(C3CN3)cc12)/c1ccccc1. The number of para-hydroxylation sites is 3. The first-order valence-electron chi connectivity index (χ1n) is 25.7. The van der Waals surface area contributed by atoms with E-state index in [-0.39, 0.29) is 12.0 Å². The van der Waals surface area contributed by atoms with Crippen LogP contribution in [0, 0.1) is 0 Å². The van der Waals surface area contributed by atoms with E-state index in [0.29, 0.717) is 0 Å². The zero-order chi connectivity index (χ0) is 48.5. The fourth-order valence-corrected chi connectivity index (χ4v) is 13.0. The number of ether oxygens (including phenoxy) is 1. The van der Waals surface area contributed by atoms with Gasteiger partial charge in [-0.2, -0.15) is 0 Å². The summed E-state index contributed by atoms with van der Waals surface area (Å²) in [5.74, 6) is 1.59. The Hall–Kier alpha value is -9.22. The van der Waals surface area contributed by atoms with Crippen molar-refractivity contribution in [2.75, 3.05) is 6.54 Å². The van der Waals surface area contributed by atoms with Crippen molar-refractivity contribution in [2.45, 2.75) is 17.4 Å². The number of nitrogens with one attached hydrogen (secondary N) is 1. The van der Waals surface area contributed by atoms with Gasteiger partial charge in [0.05, 0.1) is 5.41 Å². The number of rotatable bonds is 7. The number of fused-ring (bicyclic) bond motifs is 17. The monoisotopic (exact) mass is 947 g/mol. The molecular formula is C70H45NO3. The molecule has 0 radical (unpaired) electrons. The minimum Gasteiger partial charge on any atom is -0.457 e. The number of furan rings is 2. The van der Waals surface area contributed by atoms with E-state index in [1.165, 1.54) is 44.2 Å². The molecule has 4 nitrogen and oxygen atoms in total. The minimum absolute atomic E-state index is 0.162. The second-order valence-corrected chi connectivity index (χ2v) is 20.2. The Morgan fingerprint density at radius 3 is 1.97 bits per heavy atom. The van der Waals surface area contributed by atoms with Crippen LogP contribution < -0.4 is 10.1 Å². The average molecular weight is 948 g/mol. The highest BCUT2D eigenvalue weighted by Crippen LogP contribution is 2.63. The van der Waals surface area contributed by atoms with Gasteiger partial charge in [0.15, 0.2) is 0 Å². The van der Waals surface area contributed by atoms with E-state index in [0.717, 1.165) is 106 Å². The summed E-state index contributed by atoms with van der Waals surface area (Å²) in [4.78, 5) is 0. The molecule has 0 saturated carbocycles. The molecule has 4 heterocycles. The molecule has 16 rings (SSSR count). The van der Waals surface area contributed by atoms with E-state index in [2.05, 4.69) is 248 Å². The lowest BCUT2D eigenvalue weighted by atomic mass is 9.66. The van der Waals surface area contributed by atoms with E-state index >= 15 is 0 Å². The third-order valence-electron chi connectivity index (χ3n) is 16.2. The van der Waals surface area contributed by atoms with Crippen molar-refractivity contribution in [3.8, 4) is 22.6 Å². The molecule has 11 aromatic carbocycles. The molecule has 3 aliphatic rings. The summed E-state index contributed by atoms with van der Waals surface area (Å²) in [7, 11) is 0. The lowest BCUT2D eigenvalue weighted by Gasteiger charge is -2.39. The lowest BCUT2D eigenvalue weighted by molar-refractivity contribution is 0.436. The van der Waals surface area contributed by atoms with Crippen molar-refractivity contribution in [2.24, 2.45) is 0 Å². The van der Waals surface area contributed by atoms with Crippen LogP contribution in [0.1, 0.15) is 73.2 Å². The van der Waals surface area contributed by atoms with E-state index in [1.807, 2.05) is 0 Å². The quantitative estimate of drug-likeness (QED) is 0.0982. The van der Waals surface area contributed by atoms with Gasteiger partial charge in [0.25, 0.3) is 0 Å². The van der Waals surface area contributed by atoms with Crippen LogP contribution in [-0.2, 0) is 5.41 Å². The molecule has 4 heteroatoms. The Balaban J connectivity index is 0.949. The van der Waals surface area contributed by atoms with E-state index in [9.17, 15) is 0 Å². The van der Waals surface area contributed by atoms with Crippen LogP contribution in [0.2, 0.25) is 0 Å². The molecule has 2 aliphatic heterocycles. The van der Waals surface area contributed by atoms with Crippen LogP contribution in [0.3, 0.4) is 0 Å². The Bertz CT molecular complexity index is 4430. The zero-order valence-corrected chi connectivity index (χ0v) is 40.2. The predicted molar refractivity (Wildman–Crippen MR) is 300 cm³/mol. The summed E-state index contributed by atoms with van der Waals surface area (Å²) in [6.07, 6.45) is 2.36. The molecule has 1 aliphatic carbocycles. The van der Waals surface area contributed by atoms with Crippen LogP contribution in [0.4, 0.5) is 0 Å². The molecule has 74 heavy (non-hydrogen) atoms. The van der Waals surface area contributed by atoms with E-state index in [4.69, 9.17) is 13.6 Å². The van der Waals surface area contributed by atoms with Crippen molar-refractivity contribution < 1.29 is 13.6 Å². The second kappa shape index (κ2) is 15.9. The largest absolute Gasteiger partial charge is 0.457 e. The van der Waals surface area contributed by atoms with E-state index in [1.54, 1.807) is 0 Å². The average Bonchev–Trinajstić information content (AvgIpc) is 4.07. The summed E-state index contributed by atoms with van der Waals surface area (Å²) in [5.41, 5.74) is 19.2. The minimum atomic E-state index is -0.607. The molecule has 13 aromatic rings. The van der Waals surface area contributed by atoms with Crippen molar-refractivity contribution in [1.29, 1.82) is 0 Å². The molecule has 2 atom stereocenters. The van der Waals surface area contributed by atoms with Gasteiger partial charge in [-0.15, -0.1) is 0 Å². The maximum atomic E-state index is 7.61. The van der Waals surface area contributed by atoms with Crippen molar-refractivity contribution in [3.05, 3.63) is 298 Å². The molecule has 348 valence electrons. The van der Waals surface area contributed by atoms with Crippen molar-refractivity contribution in [3.63, 3.8) is 0 Å². The molecule has 1 fully saturated rings. The summed E-state index contributed by atoms with van der Waals surface area (Å²) in [5, 5.41) is 10.5. The third kappa shape index (κ3) is 6.00. The first kappa shape index (κ1) is 41.4. The normalized spacial score (nSPS) is 15.6. The topological polar surface area (TPSA) is 57.5 Å². The summed E-state index contributed by atoms with van der Waals surface area (Å²) < 4.78 is 21.1. The van der Waals surface area contributed by atoms with Gasteiger partial charge in [0.1, 0.15) is 33.8 Å². The van der Waals surface area contributed by atoms with Gasteiger partial charge in [0, 0.05) is 62.3 Å². The molecule has 1 saturated heterocycles. The first-order chi connectivity index (χ1) is 36.7. The first-order valence-corrected chi connectivity index (χ1v) is 25.7. The van der Waals surface area contributed by atoms with Crippen LogP contribution in [0.5, 0.6) is 11.5 Å². The maximum Gasteiger partial charge on any atom is 0.143 e. The Morgan fingerprint density at radius 1 is 0.486 bits per heavy atom. The highest BCUT2D eigenvalue weighted by Gasteiger charge is 2.51. The molecular weight excluding hydrogens is 903 g/mol. The van der Waals surface area contributed by atoms with Gasteiger partial charge in [-0.05, 0) is 109 Å². The van der Waals surface area contributed by atoms with Gasteiger partial charge >= 0.3 is 0 Å². The third-order valence-corrected chi connectivity index (χ3v) is 16.2. The number of hydrogen-bond donors (Lipinski definition) is 1. The van der Waals surface area contributed by atoms with Crippen LogP contribution >= 0.6 is 0 Å². The van der Waals surface area contributed by atoms with Gasteiger partial charge in [-0.1, -0.05) is 200 Å². The molecule has 2 aromatic heterocycles. The fraction of sp³-hybridized carbons (Fsp3) is 0.0571. The maximum absolute atomic E-state index is 7.61. The molecule has 0 bridgehead atoms. The Kier molecular flexibility index (Phi) is 8.89. The zero-order valence-electron chi connectivity index (χ0n) is 40.2. The summed E-state index contributed by atoms with van der Waals surface area (Å²) >= 11 is 0. The molecule has 1 N–H and O–H groups in total. The highest BCUT2D eigenvalue weighted by molar-refractivity contribution is 6.19. The van der Waals surface area contributed by atoms with Crippen LogP contribution in [-0.4, -0.2) is 6.54 Å². The van der Waals surface area contributed by atoms with E-state index < -0.39 is 5.41 Å². The Labute approximate surface area is 427 Å². The lowest BCUT2D eigenvalue weighted by Crippen LogP contribution is -2.32. The predicted octanol–water partition coefficient (Wildman–Crippen LogP) is 17.5. The van der Waals surface area contributed by atoms with Crippen LogP contribution in [0.25, 0.3) is 77.4 Å². The van der Waals surface area contributed by atoms with Gasteiger partial charge in [0.2, 0.25) is 0 Å². The van der Waals surface area contributed by atoms with Crippen LogP contribution in [0.15, 0.2) is 245 Å². The smallest absolute Gasteiger partial charge is 0.143 e. The molecule has 2 unspecified atom stereocenters.